The number of rotatable bonds is 1. The van der Waals surface area contributed by atoms with E-state index in [1.54, 1.807) is 0 Å². The van der Waals surface area contributed by atoms with Gasteiger partial charge in [-0.2, -0.15) is 10.5 Å². The monoisotopic (exact) mass is 731 g/mol. The zero-order chi connectivity index (χ0) is 37.8. The lowest BCUT2D eigenvalue weighted by atomic mass is 9.43. The predicted octanol–water partition coefficient (Wildman–Crippen LogP) is 12.1. The average molecular weight is 732 g/mol. The molecular formula is C55H29N3. The summed E-state index contributed by atoms with van der Waals surface area (Å²) in [7, 11) is 0. The van der Waals surface area contributed by atoms with Gasteiger partial charge in [0.2, 0.25) is 0 Å². The molecule has 8 aromatic carbocycles. The van der Waals surface area contributed by atoms with Gasteiger partial charge >= 0.3 is 0 Å². The Morgan fingerprint density at radius 1 is 0.431 bits per heavy atom. The maximum absolute atomic E-state index is 11.2. The summed E-state index contributed by atoms with van der Waals surface area (Å²) in [4.78, 5) is 0. The number of nitriles is 2. The maximum Gasteiger partial charge on any atom is 0.0995 e. The summed E-state index contributed by atoms with van der Waals surface area (Å²) in [6, 6.07) is 61.2. The van der Waals surface area contributed by atoms with Crippen LogP contribution in [0.2, 0.25) is 0 Å². The van der Waals surface area contributed by atoms with Crippen LogP contribution < -0.4 is 0 Å². The number of nitrogens with zero attached hydrogens (tertiary/aromatic N) is 3. The molecule has 2 heterocycles. The molecule has 2 aromatic heterocycles. The van der Waals surface area contributed by atoms with Gasteiger partial charge in [-0.25, -0.2) is 0 Å². The highest BCUT2D eigenvalue weighted by Crippen LogP contribution is 2.78. The van der Waals surface area contributed by atoms with E-state index in [0.717, 1.165) is 27.7 Å². The Kier molecular flexibility index (Phi) is 4.99. The largest absolute Gasteiger partial charge is 0.308 e. The summed E-state index contributed by atoms with van der Waals surface area (Å²) in [6.07, 6.45) is 0. The Labute approximate surface area is 333 Å². The van der Waals surface area contributed by atoms with Crippen LogP contribution >= 0.6 is 0 Å². The fourth-order valence-electron chi connectivity index (χ4n) is 13.5. The highest BCUT2D eigenvalue weighted by Gasteiger charge is 2.70. The first-order valence-corrected chi connectivity index (χ1v) is 20.4. The molecular weight excluding hydrogens is 703 g/mol. The van der Waals surface area contributed by atoms with Crippen LogP contribution in [0.4, 0.5) is 0 Å². The van der Waals surface area contributed by atoms with Gasteiger partial charge in [0.15, 0.2) is 0 Å². The molecule has 6 aliphatic carbocycles. The number of aromatic nitrogens is 1. The molecule has 3 nitrogen and oxygen atoms in total. The second-order valence-electron chi connectivity index (χ2n) is 17.2. The third kappa shape index (κ3) is 2.96. The summed E-state index contributed by atoms with van der Waals surface area (Å²) in [6.45, 7) is 0. The first-order valence-electron chi connectivity index (χ1n) is 20.4. The average Bonchev–Trinajstić information content (AvgIpc) is 3.86. The number of hydrogen-bond acceptors (Lipinski definition) is 2. The van der Waals surface area contributed by atoms with Crippen molar-refractivity contribution in [2.75, 3.05) is 0 Å². The SMILES string of the molecule is N#Cc1cc2c(c3c1C1c4ccccc4C3c3ccccc31)c1cc(-c3ccccc3)cc3c4c5c(c(C#N)cc4n2c13)C1c2ccccc2C12c1ccccc1C52. The van der Waals surface area contributed by atoms with E-state index in [9.17, 15) is 10.5 Å². The fraction of sp³-hybridized carbons (Fsp3) is 0.0909. The van der Waals surface area contributed by atoms with E-state index in [4.69, 9.17) is 0 Å². The first kappa shape index (κ1) is 29.8. The second-order valence-corrected chi connectivity index (χ2v) is 17.2. The molecule has 0 amide bonds. The molecule has 0 fully saturated rings. The lowest BCUT2D eigenvalue weighted by Crippen LogP contribution is -2.52. The van der Waals surface area contributed by atoms with Gasteiger partial charge in [0.05, 0.1) is 39.8 Å². The van der Waals surface area contributed by atoms with Crippen LogP contribution in [0.25, 0.3) is 49.2 Å². The molecule has 0 radical (unpaired) electrons. The Morgan fingerprint density at radius 3 is 1.43 bits per heavy atom. The topological polar surface area (TPSA) is 52.0 Å². The molecule has 3 atom stereocenters. The van der Waals surface area contributed by atoms with E-state index in [1.165, 1.54) is 99.4 Å². The van der Waals surface area contributed by atoms with Crippen molar-refractivity contribution in [3.8, 4) is 23.3 Å². The molecule has 6 aliphatic rings. The Hall–Kier alpha value is -7.46. The molecule has 0 N–H and O–H groups in total. The van der Waals surface area contributed by atoms with Crippen molar-refractivity contribution in [2.45, 2.75) is 29.1 Å². The van der Waals surface area contributed by atoms with Crippen molar-refractivity contribution in [1.29, 1.82) is 10.5 Å². The van der Waals surface area contributed by atoms with Crippen LogP contribution in [0.3, 0.4) is 0 Å². The molecule has 0 saturated heterocycles. The van der Waals surface area contributed by atoms with Gasteiger partial charge in [0.1, 0.15) is 0 Å². The molecule has 264 valence electrons. The smallest absolute Gasteiger partial charge is 0.0995 e. The van der Waals surface area contributed by atoms with Gasteiger partial charge in [-0.3, -0.25) is 0 Å². The van der Waals surface area contributed by atoms with Gasteiger partial charge < -0.3 is 4.40 Å². The van der Waals surface area contributed by atoms with Crippen LogP contribution in [0, 0.1) is 22.7 Å². The molecule has 1 spiro atoms. The third-order valence-electron chi connectivity index (χ3n) is 15.2. The van der Waals surface area contributed by atoms with Crippen LogP contribution in [0.5, 0.6) is 0 Å². The third-order valence-corrected chi connectivity index (χ3v) is 15.2. The summed E-state index contributed by atoms with van der Waals surface area (Å²) in [5, 5.41) is 27.2. The van der Waals surface area contributed by atoms with Gasteiger partial charge in [-0.15, -0.1) is 0 Å². The molecule has 3 heteroatoms. The minimum absolute atomic E-state index is 0.000124. The lowest BCUT2D eigenvalue weighted by molar-refractivity contribution is 0.333. The molecule has 3 unspecified atom stereocenters. The quantitative estimate of drug-likeness (QED) is 0.169. The Morgan fingerprint density at radius 2 is 0.879 bits per heavy atom. The van der Waals surface area contributed by atoms with Crippen molar-refractivity contribution in [1.82, 2.24) is 4.40 Å². The summed E-state index contributed by atoms with van der Waals surface area (Å²) in [5.41, 5.74) is 22.7. The normalized spacial score (nSPS) is 21.8. The molecule has 58 heavy (non-hydrogen) atoms. The highest BCUT2D eigenvalue weighted by molar-refractivity contribution is 6.27. The first-order chi connectivity index (χ1) is 28.7. The molecule has 2 bridgehead atoms. The summed E-state index contributed by atoms with van der Waals surface area (Å²) < 4.78 is 2.44. The van der Waals surface area contributed by atoms with E-state index in [2.05, 4.69) is 168 Å². The maximum atomic E-state index is 11.2. The zero-order valence-corrected chi connectivity index (χ0v) is 31.1. The highest BCUT2D eigenvalue weighted by atomic mass is 14.9. The van der Waals surface area contributed by atoms with Crippen molar-refractivity contribution < 1.29 is 0 Å². The fourth-order valence-corrected chi connectivity index (χ4v) is 13.5. The van der Waals surface area contributed by atoms with Crippen LogP contribution in [-0.4, -0.2) is 4.40 Å². The molecule has 0 saturated carbocycles. The standard InChI is InChI=1S/C55H29N3/c56-26-30-24-42-48(50-44(30)46-32-14-4-6-16-34(32)47(50)35-17-7-5-15-33(35)46)38-22-29(28-12-2-1-3-13-28)23-39-49-43(58(42)54(38)39)25-31(27-57)45-51(49)53-37-19-9-11-21-41(37)55(53)40-20-10-8-18-36(40)52(45)55/h1-25,46-47,52-53H. The summed E-state index contributed by atoms with van der Waals surface area (Å²) >= 11 is 0. The minimum Gasteiger partial charge on any atom is -0.308 e. The van der Waals surface area contributed by atoms with E-state index in [1.807, 2.05) is 0 Å². The van der Waals surface area contributed by atoms with Crippen LogP contribution in [0.1, 0.15) is 102 Å². The van der Waals surface area contributed by atoms with Crippen LogP contribution in [0.15, 0.2) is 152 Å². The lowest BCUT2D eigenvalue weighted by Gasteiger charge is -2.58. The number of fused-ring (bicyclic) bond motifs is 14. The zero-order valence-electron chi connectivity index (χ0n) is 31.1. The van der Waals surface area contributed by atoms with Gasteiger partial charge in [0.25, 0.3) is 0 Å². The van der Waals surface area contributed by atoms with Crippen LogP contribution in [-0.2, 0) is 5.41 Å². The van der Waals surface area contributed by atoms with E-state index < -0.39 is 0 Å². The van der Waals surface area contributed by atoms with E-state index in [-0.39, 0.29) is 29.1 Å². The van der Waals surface area contributed by atoms with E-state index in [0.29, 0.717) is 0 Å². The molecule has 16 rings (SSSR count). The number of benzene rings is 8. The predicted molar refractivity (Wildman–Crippen MR) is 228 cm³/mol. The van der Waals surface area contributed by atoms with Crippen molar-refractivity contribution >= 4 is 38.1 Å². The molecule has 10 aromatic rings. The summed E-state index contributed by atoms with van der Waals surface area (Å²) in [5.74, 6) is 0.270. The minimum atomic E-state index is -0.168. The van der Waals surface area contributed by atoms with Gasteiger partial charge in [0, 0.05) is 50.6 Å². The second kappa shape index (κ2) is 9.73. The van der Waals surface area contributed by atoms with Crippen molar-refractivity contribution in [2.24, 2.45) is 0 Å². The number of hydrogen-bond donors (Lipinski definition) is 0. The van der Waals surface area contributed by atoms with E-state index >= 15 is 0 Å². The Bertz CT molecular complexity index is 3640. The molecule has 0 aliphatic heterocycles. The van der Waals surface area contributed by atoms with Crippen molar-refractivity contribution in [3.05, 3.63) is 230 Å². The van der Waals surface area contributed by atoms with Gasteiger partial charge in [-0.05, 0) is 102 Å². The van der Waals surface area contributed by atoms with Gasteiger partial charge in [-0.1, -0.05) is 127 Å². The van der Waals surface area contributed by atoms with Crippen molar-refractivity contribution in [3.63, 3.8) is 0 Å². The Balaban J connectivity index is 1.15.